The number of likely N-dealkylation sites (tertiary alicyclic amines) is 1. The summed E-state index contributed by atoms with van der Waals surface area (Å²) in [4.78, 5) is 70.5. The number of nitrogens with one attached hydrogen (secondary N) is 5. The molecular weight excluding hydrogens is 764 g/mol. The van der Waals surface area contributed by atoms with E-state index in [1.54, 1.807) is 0 Å². The molecule has 4 atom stereocenters. The first-order valence-electron chi connectivity index (χ1n) is 19.7. The van der Waals surface area contributed by atoms with Crippen molar-refractivity contribution < 1.29 is 46.0 Å². The van der Waals surface area contributed by atoms with E-state index in [2.05, 4.69) is 87.2 Å². The second-order valence-electron chi connectivity index (χ2n) is 16.5. The first-order valence-corrected chi connectivity index (χ1v) is 23.1. The minimum atomic E-state index is -1.70. The second-order valence-corrected chi connectivity index (χ2v) is 21.6. The van der Waals surface area contributed by atoms with Crippen molar-refractivity contribution in [2.75, 3.05) is 26.9 Å². The third kappa shape index (κ3) is 8.59. The Balaban J connectivity index is 0.00000496. The molecule has 4 aromatic rings. The number of aromatic amines is 3. The van der Waals surface area contributed by atoms with Crippen LogP contribution in [0, 0.1) is 11.8 Å². The highest BCUT2D eigenvalue weighted by atomic mass is 35.5. The summed E-state index contributed by atoms with van der Waals surface area (Å²) in [5.74, 6) is 1.84. The average molecular weight is 815 g/mol. The molecule has 14 nitrogen and oxygen atoms in total. The number of halogens is 1. The summed E-state index contributed by atoms with van der Waals surface area (Å²) in [5.41, 5.74) is 5.99. The number of carbonyl (C=O) groups is 4. The number of H-pyrrole nitrogens is 3. The summed E-state index contributed by atoms with van der Waals surface area (Å²) in [7, 11) is 0.939. The molecule has 2 aliphatic heterocycles. The van der Waals surface area contributed by atoms with Crippen LogP contribution in [0.1, 0.15) is 62.3 Å². The van der Waals surface area contributed by atoms with Gasteiger partial charge in [0, 0.05) is 18.3 Å². The Morgan fingerprint density at radius 2 is 1.28 bits per heavy atom. The molecule has 5 N–H and O–H groups in total. The maximum Gasteiger partial charge on any atom is 0.407 e. The van der Waals surface area contributed by atoms with Crippen LogP contribution in [0.3, 0.4) is 0 Å². The van der Waals surface area contributed by atoms with Crippen LogP contribution in [0.15, 0.2) is 60.9 Å². The molecule has 4 aliphatic rings. The first-order chi connectivity index (χ1) is 27.0. The summed E-state index contributed by atoms with van der Waals surface area (Å²) in [5, 5.41) is 5.57. The molecule has 2 aromatic carbocycles. The van der Waals surface area contributed by atoms with Gasteiger partial charge in [-0.15, -0.1) is 0 Å². The van der Waals surface area contributed by atoms with Crippen LogP contribution < -0.4 is 28.0 Å². The predicted molar refractivity (Wildman–Crippen MR) is 210 cm³/mol. The average Bonchev–Trinajstić information content (AvgIpc) is 4.00. The molecule has 4 fully saturated rings. The predicted octanol–water partition coefficient (Wildman–Crippen LogP) is 2.62. The van der Waals surface area contributed by atoms with Crippen molar-refractivity contribution in [2.24, 2.45) is 11.8 Å². The van der Waals surface area contributed by atoms with Crippen molar-refractivity contribution in [1.82, 2.24) is 35.4 Å². The summed E-state index contributed by atoms with van der Waals surface area (Å²) in [6.07, 6.45) is 8.73. The summed E-state index contributed by atoms with van der Waals surface area (Å²) < 4.78 is 9.62. The highest BCUT2D eigenvalue weighted by Gasteiger charge is 2.50. The monoisotopic (exact) mass is 814 g/mol. The minimum Gasteiger partial charge on any atom is -1.00 e. The Hall–Kier alpha value is -5.15. The Bertz CT molecular complexity index is 2100. The van der Waals surface area contributed by atoms with Crippen LogP contribution in [0.4, 0.5) is 9.59 Å². The Morgan fingerprint density at radius 3 is 1.82 bits per heavy atom. The molecule has 8 rings (SSSR count). The van der Waals surface area contributed by atoms with Crippen molar-refractivity contribution in [1.29, 1.82) is 0 Å². The topological polar surface area (TPSA) is 176 Å². The van der Waals surface area contributed by atoms with Gasteiger partial charge in [-0.3, -0.25) is 9.59 Å². The molecule has 2 saturated heterocycles. The fourth-order valence-corrected chi connectivity index (χ4v) is 11.4. The van der Waals surface area contributed by atoms with E-state index in [1.807, 2.05) is 22.2 Å². The number of imidazole rings is 2. The van der Waals surface area contributed by atoms with E-state index in [4.69, 9.17) is 14.5 Å². The minimum absolute atomic E-state index is 0. The number of ether oxygens (including phenoxy) is 2. The van der Waals surface area contributed by atoms with Gasteiger partial charge in [-0.2, -0.15) is 0 Å². The summed E-state index contributed by atoms with van der Waals surface area (Å²) in [6.45, 7) is 5.24. The number of aromatic nitrogens is 4. The van der Waals surface area contributed by atoms with Crippen LogP contribution in [0.2, 0.25) is 19.1 Å². The number of hydrogen-bond donors (Lipinski definition) is 4. The molecule has 0 radical (unpaired) electrons. The third-order valence-corrected chi connectivity index (χ3v) is 14.5. The number of rotatable bonds is 11. The maximum atomic E-state index is 13.9. The summed E-state index contributed by atoms with van der Waals surface area (Å²) in [6, 6.07) is 16.2. The molecular formula is C41H51ClN8O6Si. The Kier molecular flexibility index (Phi) is 11.5. The van der Waals surface area contributed by atoms with Gasteiger partial charge in [0.15, 0.2) is 5.69 Å². The lowest BCUT2D eigenvalue weighted by Gasteiger charge is -2.28. The molecule has 2 saturated carbocycles. The maximum absolute atomic E-state index is 13.9. The van der Waals surface area contributed by atoms with E-state index in [1.165, 1.54) is 14.2 Å². The first kappa shape index (κ1) is 40.1. The number of amides is 4. The van der Waals surface area contributed by atoms with Gasteiger partial charge < -0.3 is 47.3 Å². The van der Waals surface area contributed by atoms with Gasteiger partial charge in [0.1, 0.15) is 30.1 Å². The van der Waals surface area contributed by atoms with Crippen molar-refractivity contribution in [2.45, 2.75) is 81.8 Å². The van der Waals surface area contributed by atoms with Crippen LogP contribution in [0.5, 0.6) is 0 Å². The lowest BCUT2D eigenvalue weighted by Crippen LogP contribution is -3.00. The fraction of sp³-hybridized carbons (Fsp3) is 0.463. The number of nitrogens with zero attached hydrogens (tertiary/aromatic N) is 3. The zero-order chi connectivity index (χ0) is 39.1. The van der Waals surface area contributed by atoms with E-state index in [0.29, 0.717) is 6.54 Å². The molecule has 4 amide bonds. The molecule has 0 unspecified atom stereocenters. The van der Waals surface area contributed by atoms with Crippen molar-refractivity contribution in [3.8, 4) is 33.6 Å². The van der Waals surface area contributed by atoms with Gasteiger partial charge in [-0.05, 0) is 85.2 Å². The number of benzene rings is 2. The van der Waals surface area contributed by atoms with Crippen LogP contribution in [0.25, 0.3) is 33.6 Å². The van der Waals surface area contributed by atoms with Gasteiger partial charge in [0.05, 0.1) is 40.2 Å². The number of methoxy groups -OCH3 is 2. The van der Waals surface area contributed by atoms with Crippen LogP contribution >= 0.6 is 0 Å². The van der Waals surface area contributed by atoms with Gasteiger partial charge in [-0.1, -0.05) is 49.5 Å². The van der Waals surface area contributed by atoms with Crippen molar-refractivity contribution >= 4 is 32.1 Å². The van der Waals surface area contributed by atoms with Gasteiger partial charge in [-0.25, -0.2) is 24.5 Å². The largest absolute Gasteiger partial charge is 1.00 e. The van der Waals surface area contributed by atoms with Crippen LogP contribution in [-0.2, 0) is 19.1 Å². The molecule has 2 aliphatic carbocycles. The molecule has 16 heteroatoms. The van der Waals surface area contributed by atoms with E-state index in [-0.39, 0.29) is 48.1 Å². The molecule has 2 aromatic heterocycles. The van der Waals surface area contributed by atoms with Crippen molar-refractivity contribution in [3.63, 3.8) is 0 Å². The zero-order valence-corrected chi connectivity index (χ0v) is 34.5. The van der Waals surface area contributed by atoms with E-state index < -0.39 is 32.3 Å². The SMILES string of the molecule is COC(=O)N[C@@H](C(=O)N1CCC[C@@H]1c1ncc(-c2ccc(-c3ccc(-c4c[nH+]c([C@H]5C[Si](C)(C)CN5C(=O)[C@H](NC(=O)OC)C5CC5)[nH]4)cc3)cc2)[nH]1)C1CC1.[Cl-]. The molecule has 0 bridgehead atoms. The summed E-state index contributed by atoms with van der Waals surface area (Å²) >= 11 is 0. The molecule has 57 heavy (non-hydrogen) atoms. The Morgan fingerprint density at radius 1 is 0.754 bits per heavy atom. The van der Waals surface area contributed by atoms with E-state index in [0.717, 1.165) is 96.0 Å². The number of hydrogen-bond acceptors (Lipinski definition) is 7. The smallest absolute Gasteiger partial charge is 0.407 e. The molecule has 302 valence electrons. The van der Waals surface area contributed by atoms with Crippen LogP contribution in [-0.4, -0.2) is 95.8 Å². The van der Waals surface area contributed by atoms with E-state index in [9.17, 15) is 19.2 Å². The quantitative estimate of drug-likeness (QED) is 0.168. The molecule has 0 spiro atoms. The highest BCUT2D eigenvalue weighted by molar-refractivity contribution is 6.78. The normalized spacial score (nSPS) is 21.0. The zero-order valence-electron chi connectivity index (χ0n) is 32.8. The standard InChI is InChI=1S/C41H50N8O6Si.ClH/c1-54-40(52)46-34(28-15-16-28)38(50)48-19-5-6-32(48)36-42-20-30(44-36)26-11-7-24(8-12-26)25-9-13-27(14-10-25)31-21-43-37(45-31)33-22-56(3,4)23-49(33)39(51)35(29-17-18-29)47-41(53)55-2;/h7-14,20-21,28-29,32-35H,5-6,15-19,22-23H2,1-4H3,(H,42,44)(H,43,45)(H,46,52)(H,47,53);1H/t32-,33-,34-,35-;/m1./s1. The lowest BCUT2D eigenvalue weighted by molar-refractivity contribution is -0.393. The second kappa shape index (κ2) is 16.4. The number of carbonyl (C=O) groups excluding carboxylic acids is 4. The van der Waals surface area contributed by atoms with Gasteiger partial charge in [0.2, 0.25) is 11.8 Å². The third-order valence-electron chi connectivity index (χ3n) is 11.8. The highest BCUT2D eigenvalue weighted by Crippen LogP contribution is 2.41. The van der Waals surface area contributed by atoms with Crippen molar-refractivity contribution in [3.05, 3.63) is 72.6 Å². The van der Waals surface area contributed by atoms with Gasteiger partial charge >= 0.3 is 12.2 Å². The van der Waals surface area contributed by atoms with Gasteiger partial charge in [0.25, 0.3) is 5.82 Å². The fourth-order valence-electron chi connectivity index (χ4n) is 8.46. The van der Waals surface area contributed by atoms with E-state index >= 15 is 0 Å². The molecule has 4 heterocycles. The Labute approximate surface area is 339 Å². The number of alkyl carbamates (subject to hydrolysis) is 2. The lowest BCUT2D eigenvalue weighted by atomic mass is 10.0.